The Balaban J connectivity index is 1.57. The van der Waals surface area contributed by atoms with Gasteiger partial charge in [0.25, 0.3) is 0 Å². The molecule has 3 rings (SSSR count). The molecule has 0 saturated heterocycles. The van der Waals surface area contributed by atoms with Gasteiger partial charge >= 0.3 is 5.97 Å². The molecule has 3 aromatic carbocycles. The van der Waals surface area contributed by atoms with Crippen molar-refractivity contribution in [3.8, 4) is 0 Å². The molecule has 1 unspecified atom stereocenters. The number of fused-ring (bicyclic) bond motifs is 1. The monoisotopic (exact) mass is 415 g/mol. The number of hydrogen-bond donors (Lipinski definition) is 2. The summed E-state index contributed by atoms with van der Waals surface area (Å²) in [4.78, 5) is 11.7. The molecule has 0 aliphatic heterocycles. The van der Waals surface area contributed by atoms with Gasteiger partial charge < -0.3 is 5.11 Å². The lowest BCUT2D eigenvalue weighted by atomic mass is 10.1. The van der Waals surface area contributed by atoms with Gasteiger partial charge in [-0.2, -0.15) is 0 Å². The topological polar surface area (TPSA) is 83.5 Å². The summed E-state index contributed by atoms with van der Waals surface area (Å²) in [6, 6.07) is 22.0. The highest BCUT2D eigenvalue weighted by atomic mass is 32.2. The summed E-state index contributed by atoms with van der Waals surface area (Å²) in [5, 5.41) is 10.6. The lowest BCUT2D eigenvalue weighted by molar-refractivity contribution is -0.136. The second-order valence-electron chi connectivity index (χ2n) is 6.29. The van der Waals surface area contributed by atoms with Crippen LogP contribution in [0.15, 0.2) is 77.7 Å². The average Bonchev–Trinajstić information content (AvgIpc) is 2.70. The molecule has 0 amide bonds. The Morgan fingerprint density at radius 1 is 0.964 bits per heavy atom. The van der Waals surface area contributed by atoms with Gasteiger partial charge in [0.05, 0.1) is 4.90 Å². The van der Waals surface area contributed by atoms with Crippen molar-refractivity contribution in [2.24, 2.45) is 0 Å². The van der Waals surface area contributed by atoms with Crippen molar-refractivity contribution in [3.05, 3.63) is 78.4 Å². The zero-order valence-corrected chi connectivity index (χ0v) is 16.7. The molecule has 28 heavy (non-hydrogen) atoms. The molecule has 5 nitrogen and oxygen atoms in total. The van der Waals surface area contributed by atoms with Gasteiger partial charge in [-0.15, -0.1) is 11.8 Å². The first kappa shape index (κ1) is 20.4. The van der Waals surface area contributed by atoms with Gasteiger partial charge in [0.2, 0.25) is 10.0 Å². The van der Waals surface area contributed by atoms with E-state index in [0.29, 0.717) is 12.2 Å². The fraction of sp³-hybridized carbons (Fsp3) is 0.190. The quantitative estimate of drug-likeness (QED) is 0.522. The summed E-state index contributed by atoms with van der Waals surface area (Å²) >= 11 is 1.24. The van der Waals surface area contributed by atoms with Gasteiger partial charge in [0.1, 0.15) is 5.25 Å². The number of carboxylic acids is 1. The Labute approximate surface area is 168 Å². The zero-order valence-electron chi connectivity index (χ0n) is 15.1. The molecule has 0 saturated carbocycles. The van der Waals surface area contributed by atoms with E-state index in [9.17, 15) is 18.3 Å². The molecule has 0 aromatic heterocycles. The van der Waals surface area contributed by atoms with E-state index in [2.05, 4.69) is 4.72 Å². The van der Waals surface area contributed by atoms with E-state index >= 15 is 0 Å². The van der Waals surface area contributed by atoms with Crippen LogP contribution in [0.3, 0.4) is 0 Å². The first-order chi connectivity index (χ1) is 13.5. The summed E-state index contributed by atoms with van der Waals surface area (Å²) in [6.45, 7) is 0.165. The fourth-order valence-corrected chi connectivity index (χ4v) is 4.99. The molecule has 1 atom stereocenters. The lowest BCUT2D eigenvalue weighted by Crippen LogP contribution is -2.28. The maximum absolute atomic E-state index is 12.5. The number of carboxylic acid groups (broad SMARTS) is 1. The van der Waals surface area contributed by atoms with Gasteiger partial charge in [0.15, 0.2) is 0 Å². The molecule has 7 heteroatoms. The third kappa shape index (κ3) is 5.34. The highest BCUT2D eigenvalue weighted by Crippen LogP contribution is 2.20. The average molecular weight is 416 g/mol. The maximum atomic E-state index is 12.5. The summed E-state index contributed by atoms with van der Waals surface area (Å²) in [7, 11) is -3.64. The van der Waals surface area contributed by atoms with Crippen molar-refractivity contribution in [1.29, 1.82) is 0 Å². The van der Waals surface area contributed by atoms with Crippen LogP contribution >= 0.6 is 11.8 Å². The van der Waals surface area contributed by atoms with Crippen LogP contribution in [0.4, 0.5) is 0 Å². The van der Waals surface area contributed by atoms with Gasteiger partial charge in [-0.1, -0.05) is 60.7 Å². The Morgan fingerprint density at radius 3 is 2.36 bits per heavy atom. The SMILES string of the molecule is O=C(O)C(Cc1ccccc1)SCCNS(=O)(=O)c1ccc2ccccc2c1. The van der Waals surface area contributed by atoms with E-state index in [1.165, 1.54) is 11.8 Å². The van der Waals surface area contributed by atoms with Crippen LogP contribution in [-0.4, -0.2) is 37.0 Å². The largest absolute Gasteiger partial charge is 0.480 e. The molecule has 146 valence electrons. The molecule has 3 aromatic rings. The van der Waals surface area contributed by atoms with Crippen LogP contribution in [0, 0.1) is 0 Å². The van der Waals surface area contributed by atoms with E-state index in [-0.39, 0.29) is 11.4 Å². The van der Waals surface area contributed by atoms with E-state index in [0.717, 1.165) is 16.3 Å². The molecular weight excluding hydrogens is 394 g/mol. The number of thioether (sulfide) groups is 1. The minimum absolute atomic E-state index is 0.165. The molecule has 0 bridgehead atoms. The van der Waals surface area contributed by atoms with Crippen LogP contribution in [0.5, 0.6) is 0 Å². The van der Waals surface area contributed by atoms with Gasteiger partial charge in [-0.25, -0.2) is 13.1 Å². The van der Waals surface area contributed by atoms with Crippen molar-refractivity contribution in [1.82, 2.24) is 4.72 Å². The first-order valence-corrected chi connectivity index (χ1v) is 11.4. The second-order valence-corrected chi connectivity index (χ2v) is 9.37. The van der Waals surface area contributed by atoms with Gasteiger partial charge in [0, 0.05) is 12.3 Å². The highest BCUT2D eigenvalue weighted by molar-refractivity contribution is 8.00. The van der Waals surface area contributed by atoms with E-state index < -0.39 is 21.2 Å². The molecule has 2 N–H and O–H groups in total. The fourth-order valence-electron chi connectivity index (χ4n) is 2.84. The molecule has 0 aliphatic rings. The van der Waals surface area contributed by atoms with Crippen LogP contribution in [0.25, 0.3) is 10.8 Å². The molecule has 0 radical (unpaired) electrons. The van der Waals surface area contributed by atoms with Gasteiger partial charge in [-0.05, 0) is 34.9 Å². The van der Waals surface area contributed by atoms with Crippen molar-refractivity contribution in [2.45, 2.75) is 16.6 Å². The van der Waals surface area contributed by atoms with Crippen LogP contribution in [0.2, 0.25) is 0 Å². The Morgan fingerprint density at radius 2 is 1.64 bits per heavy atom. The van der Waals surface area contributed by atoms with Crippen molar-refractivity contribution < 1.29 is 18.3 Å². The van der Waals surface area contributed by atoms with Crippen LogP contribution in [0.1, 0.15) is 5.56 Å². The van der Waals surface area contributed by atoms with Crippen molar-refractivity contribution in [3.63, 3.8) is 0 Å². The smallest absolute Gasteiger partial charge is 0.316 e. The predicted octanol–water partition coefficient (Wildman–Crippen LogP) is 3.55. The number of hydrogen-bond acceptors (Lipinski definition) is 4. The Kier molecular flexibility index (Phi) is 6.72. The number of nitrogens with one attached hydrogen (secondary N) is 1. The van der Waals surface area contributed by atoms with Crippen LogP contribution < -0.4 is 4.72 Å². The molecule has 0 heterocycles. The zero-order chi connectivity index (χ0) is 20.0. The number of rotatable bonds is 9. The number of sulfonamides is 1. The normalized spacial score (nSPS) is 12.7. The van der Waals surface area contributed by atoms with Crippen molar-refractivity contribution in [2.75, 3.05) is 12.3 Å². The Hall–Kier alpha value is -2.35. The Bertz CT molecular complexity index is 1050. The summed E-state index contributed by atoms with van der Waals surface area (Å²) < 4.78 is 27.6. The predicted molar refractivity (Wildman–Crippen MR) is 113 cm³/mol. The second kappa shape index (κ2) is 9.23. The molecular formula is C21H21NO4S2. The molecule has 0 spiro atoms. The van der Waals surface area contributed by atoms with Crippen molar-refractivity contribution >= 4 is 38.5 Å². The number of aliphatic carboxylic acids is 1. The minimum atomic E-state index is -3.64. The van der Waals surface area contributed by atoms with E-state index in [1.54, 1.807) is 18.2 Å². The molecule has 0 aliphatic carbocycles. The number of carbonyl (C=O) groups is 1. The first-order valence-electron chi connectivity index (χ1n) is 8.82. The lowest BCUT2D eigenvalue weighted by Gasteiger charge is -2.13. The van der Waals surface area contributed by atoms with E-state index in [4.69, 9.17) is 0 Å². The summed E-state index contributed by atoms with van der Waals surface area (Å²) in [5.41, 5.74) is 0.944. The summed E-state index contributed by atoms with van der Waals surface area (Å²) in [5.74, 6) is -0.525. The van der Waals surface area contributed by atoms with Crippen LogP contribution in [-0.2, 0) is 21.2 Å². The van der Waals surface area contributed by atoms with Gasteiger partial charge in [-0.3, -0.25) is 4.79 Å². The number of benzene rings is 3. The summed E-state index contributed by atoms with van der Waals surface area (Å²) in [6.07, 6.45) is 0.401. The minimum Gasteiger partial charge on any atom is -0.480 e. The highest BCUT2D eigenvalue weighted by Gasteiger charge is 2.19. The molecule has 0 fully saturated rings. The standard InChI is InChI=1S/C21H21NO4S2/c23-21(24)20(14-16-6-2-1-3-7-16)27-13-12-22-28(25,26)19-11-10-17-8-4-5-9-18(17)15-19/h1-11,15,20,22H,12-14H2,(H,23,24). The maximum Gasteiger partial charge on any atom is 0.316 e. The third-order valence-electron chi connectivity index (χ3n) is 4.28. The third-order valence-corrected chi connectivity index (χ3v) is 6.95. The van der Waals surface area contributed by atoms with E-state index in [1.807, 2.05) is 54.6 Å².